The van der Waals surface area contributed by atoms with E-state index in [-0.39, 0.29) is 0 Å². The van der Waals surface area contributed by atoms with E-state index in [2.05, 4.69) is 278 Å². The summed E-state index contributed by atoms with van der Waals surface area (Å²) in [6.07, 6.45) is 0. The molecule has 1 aliphatic rings. The first-order valence-corrected chi connectivity index (χ1v) is 27.2. The Labute approximate surface area is 457 Å². The molecule has 0 aliphatic heterocycles. The van der Waals surface area contributed by atoms with Gasteiger partial charge < -0.3 is 18.6 Å². The lowest BCUT2D eigenvalue weighted by molar-refractivity contribution is 0.668. The molecule has 0 saturated heterocycles. The summed E-state index contributed by atoms with van der Waals surface area (Å²) in [7, 11) is 0. The van der Waals surface area contributed by atoms with Crippen molar-refractivity contribution in [2.24, 2.45) is 0 Å². The Hall–Kier alpha value is -10.2. The fourth-order valence-corrected chi connectivity index (χ4v) is 13.5. The first-order valence-electron chi connectivity index (χ1n) is 27.2. The summed E-state index contributed by atoms with van der Waals surface area (Å²) in [5, 5.41) is 11.6. The van der Waals surface area contributed by atoms with Crippen molar-refractivity contribution < 1.29 is 8.83 Å². The van der Waals surface area contributed by atoms with Crippen molar-refractivity contribution in [3.63, 3.8) is 0 Å². The van der Waals surface area contributed by atoms with Gasteiger partial charge in [-0.05, 0) is 163 Å². The molecule has 372 valence electrons. The largest absolute Gasteiger partial charge is 0.454 e. The van der Waals surface area contributed by atoms with Crippen molar-refractivity contribution in [3.8, 4) is 11.1 Å². The molecule has 16 rings (SSSR count). The highest BCUT2D eigenvalue weighted by Crippen LogP contribution is 2.62. The molecule has 13 aromatic carbocycles. The van der Waals surface area contributed by atoms with Gasteiger partial charge in [-0.25, -0.2) is 0 Å². The number of hydrogen-bond acceptors (Lipinski definition) is 4. The van der Waals surface area contributed by atoms with E-state index in [4.69, 9.17) is 8.83 Å². The monoisotopic (exact) mass is 1010 g/mol. The lowest BCUT2D eigenvalue weighted by atomic mass is 9.65. The first kappa shape index (κ1) is 45.1. The minimum absolute atomic E-state index is 0.732. The van der Waals surface area contributed by atoms with Crippen LogP contribution in [0.25, 0.3) is 87.3 Å². The molecule has 0 unspecified atom stereocenters. The van der Waals surface area contributed by atoms with E-state index in [1.54, 1.807) is 0 Å². The molecule has 1 aliphatic carbocycles. The number of nitrogens with zero attached hydrogens (tertiary/aromatic N) is 2. The maximum Gasteiger partial charge on any atom is 0.159 e. The summed E-state index contributed by atoms with van der Waals surface area (Å²) in [4.78, 5) is 4.75. The van der Waals surface area contributed by atoms with Crippen LogP contribution in [-0.4, -0.2) is 0 Å². The molecule has 0 fully saturated rings. The summed E-state index contributed by atoms with van der Waals surface area (Å²) < 4.78 is 13.6. The number of fused-ring (bicyclic) bond motifs is 16. The average molecular weight is 1010 g/mol. The molecule has 0 amide bonds. The van der Waals surface area contributed by atoms with Crippen LogP contribution < -0.4 is 9.80 Å². The van der Waals surface area contributed by atoms with Crippen molar-refractivity contribution in [3.05, 3.63) is 300 Å². The third-order valence-corrected chi connectivity index (χ3v) is 16.7. The fraction of sp³-hybridized carbons (Fsp3) is 0.0400. The van der Waals surface area contributed by atoms with Crippen molar-refractivity contribution >= 4 is 110 Å². The normalized spacial score (nSPS) is 12.8. The highest BCUT2D eigenvalue weighted by Gasteiger charge is 2.49. The van der Waals surface area contributed by atoms with Gasteiger partial charge in [0.05, 0.1) is 16.8 Å². The standard InChI is InChI=1S/C75H50N2O2/c1-47-19-15-25-52(43-47)76(66-33-17-31-62-58-28-11-13-35-68(58)78-73(62)66)54-38-41-56-49(45-54)37-40-64-70-60-30-10-9-27-57(60)65-46-55(39-42-61(65)72(70)75(71(56)64,50-21-5-3-6-22-50)51-23-7-4-8-24-51)77(53-26-16-20-48(2)44-53)67-34-18-32-63-59-29-12-14-36-69(59)79-74(63)67/h3-46H,1-2H3. The smallest absolute Gasteiger partial charge is 0.159 e. The Bertz CT molecular complexity index is 4910. The van der Waals surface area contributed by atoms with Crippen LogP contribution in [0.1, 0.15) is 33.4 Å². The number of furan rings is 2. The van der Waals surface area contributed by atoms with Gasteiger partial charge in [-0.2, -0.15) is 0 Å². The quantitative estimate of drug-likeness (QED) is 0.142. The molecule has 0 N–H and O–H groups in total. The molecule has 4 nitrogen and oxygen atoms in total. The molecule has 0 spiro atoms. The maximum atomic E-state index is 6.80. The number of hydrogen-bond donors (Lipinski definition) is 0. The molecule has 0 saturated carbocycles. The Morgan fingerprint density at radius 3 is 1.34 bits per heavy atom. The second-order valence-electron chi connectivity index (χ2n) is 21.3. The minimum atomic E-state index is -0.732. The summed E-state index contributed by atoms with van der Waals surface area (Å²) in [6.45, 7) is 4.33. The molecular formula is C75H50N2O2. The molecule has 4 heteroatoms. The lowest BCUT2D eigenvalue weighted by Gasteiger charge is -2.36. The van der Waals surface area contributed by atoms with Gasteiger partial charge in [0, 0.05) is 44.3 Å². The molecule has 79 heavy (non-hydrogen) atoms. The highest BCUT2D eigenvalue weighted by molar-refractivity contribution is 6.22. The number of anilines is 6. The second kappa shape index (κ2) is 17.4. The summed E-state index contributed by atoms with van der Waals surface area (Å²) in [6, 6.07) is 97.9. The number of aryl methyl sites for hydroxylation is 2. The van der Waals surface area contributed by atoms with Crippen LogP contribution in [0.15, 0.2) is 276 Å². The Morgan fingerprint density at radius 1 is 0.304 bits per heavy atom. The third kappa shape index (κ3) is 6.68. The van der Waals surface area contributed by atoms with Gasteiger partial charge in [0.25, 0.3) is 0 Å². The van der Waals surface area contributed by atoms with Gasteiger partial charge in [0.1, 0.15) is 11.2 Å². The lowest BCUT2D eigenvalue weighted by Crippen LogP contribution is -2.29. The summed E-state index contributed by atoms with van der Waals surface area (Å²) >= 11 is 0. The summed E-state index contributed by atoms with van der Waals surface area (Å²) in [5.41, 5.74) is 18.8. The zero-order valence-corrected chi connectivity index (χ0v) is 43.6. The number of benzene rings is 13. The van der Waals surface area contributed by atoms with Crippen molar-refractivity contribution in [2.75, 3.05) is 9.80 Å². The SMILES string of the molecule is Cc1cccc(N(c2ccc3c4c(ccc3c2)-c2c(c3ccc(N(c5cccc(C)c5)c5cccc6c5oc5ccccc56)cc3c3ccccc23)C4(c2ccccc2)c2ccccc2)c2cccc3c2oc2ccccc23)c1. The van der Waals surface area contributed by atoms with Crippen LogP contribution in [0.2, 0.25) is 0 Å². The molecule has 0 radical (unpaired) electrons. The van der Waals surface area contributed by atoms with Crippen molar-refractivity contribution in [1.29, 1.82) is 0 Å². The van der Waals surface area contributed by atoms with Crippen molar-refractivity contribution in [1.82, 2.24) is 0 Å². The van der Waals surface area contributed by atoms with Gasteiger partial charge in [-0.15, -0.1) is 0 Å². The Balaban J connectivity index is 0.974. The van der Waals surface area contributed by atoms with Crippen LogP contribution >= 0.6 is 0 Å². The van der Waals surface area contributed by atoms with Gasteiger partial charge in [0.2, 0.25) is 0 Å². The maximum absolute atomic E-state index is 6.80. The van der Waals surface area contributed by atoms with E-state index in [0.717, 1.165) is 83.4 Å². The van der Waals surface area contributed by atoms with E-state index >= 15 is 0 Å². The highest BCUT2D eigenvalue weighted by atomic mass is 16.3. The molecule has 2 heterocycles. The van der Waals surface area contributed by atoms with Crippen LogP contribution in [0.5, 0.6) is 0 Å². The topological polar surface area (TPSA) is 32.8 Å². The number of rotatable bonds is 8. The third-order valence-electron chi connectivity index (χ3n) is 16.7. The second-order valence-corrected chi connectivity index (χ2v) is 21.3. The molecule has 2 aromatic heterocycles. The van der Waals surface area contributed by atoms with E-state index < -0.39 is 5.41 Å². The van der Waals surface area contributed by atoms with Crippen molar-refractivity contribution in [2.45, 2.75) is 19.3 Å². The van der Waals surface area contributed by atoms with E-state index in [1.165, 1.54) is 71.4 Å². The fourth-order valence-electron chi connectivity index (χ4n) is 13.5. The molecular weight excluding hydrogens is 961 g/mol. The Morgan fingerprint density at radius 2 is 0.772 bits per heavy atom. The minimum Gasteiger partial charge on any atom is -0.454 e. The number of para-hydroxylation sites is 4. The van der Waals surface area contributed by atoms with Gasteiger partial charge in [0.15, 0.2) is 11.2 Å². The Kier molecular flexibility index (Phi) is 9.95. The van der Waals surface area contributed by atoms with Crippen LogP contribution in [0.4, 0.5) is 34.1 Å². The van der Waals surface area contributed by atoms with Gasteiger partial charge >= 0.3 is 0 Å². The zero-order valence-electron chi connectivity index (χ0n) is 43.6. The average Bonchev–Trinajstić information content (AvgIpc) is 4.40. The molecule has 0 atom stereocenters. The van der Waals surface area contributed by atoms with E-state index in [1.807, 2.05) is 12.1 Å². The predicted octanol–water partition coefficient (Wildman–Crippen LogP) is 20.9. The van der Waals surface area contributed by atoms with Gasteiger partial charge in [-0.1, -0.05) is 194 Å². The van der Waals surface area contributed by atoms with E-state index in [9.17, 15) is 0 Å². The summed E-state index contributed by atoms with van der Waals surface area (Å²) in [5.74, 6) is 0. The van der Waals surface area contributed by atoms with Gasteiger partial charge in [-0.3, -0.25) is 0 Å². The van der Waals surface area contributed by atoms with E-state index in [0.29, 0.717) is 0 Å². The predicted molar refractivity (Wildman–Crippen MR) is 330 cm³/mol. The van der Waals surface area contributed by atoms with Crippen LogP contribution in [0, 0.1) is 13.8 Å². The first-order chi connectivity index (χ1) is 39.0. The van der Waals surface area contributed by atoms with Crippen LogP contribution in [0.3, 0.4) is 0 Å². The molecule has 0 bridgehead atoms. The molecule has 15 aromatic rings. The van der Waals surface area contributed by atoms with Crippen LogP contribution in [-0.2, 0) is 5.41 Å². The zero-order chi connectivity index (χ0) is 52.3.